The lowest BCUT2D eigenvalue weighted by molar-refractivity contribution is -0.127. The molecule has 3 N–H and O–H groups in total. The number of amides is 1. The van der Waals surface area contributed by atoms with E-state index in [2.05, 4.69) is 9.88 Å². The molecule has 12 heteroatoms. The summed E-state index contributed by atoms with van der Waals surface area (Å²) in [4.78, 5) is 32.7. The van der Waals surface area contributed by atoms with E-state index in [-0.39, 0.29) is 18.5 Å². The van der Waals surface area contributed by atoms with Gasteiger partial charge in [-0.05, 0) is 57.0 Å². The number of piperidine rings is 1. The average molecular weight is 570 g/mol. The third kappa shape index (κ3) is 5.50. The Morgan fingerprint density at radius 2 is 1.82 bits per heavy atom. The molecule has 4 heterocycles. The average Bonchev–Trinajstić information content (AvgIpc) is 3.27. The number of aliphatic hydroxyl groups is 1. The molecule has 0 saturated carbocycles. The lowest BCUT2D eigenvalue weighted by Gasteiger charge is -2.37. The van der Waals surface area contributed by atoms with E-state index >= 15 is 0 Å². The molecule has 0 aliphatic carbocycles. The summed E-state index contributed by atoms with van der Waals surface area (Å²) in [5.74, 6) is 0.774. The van der Waals surface area contributed by atoms with E-state index in [4.69, 9.17) is 48.6 Å². The number of benzene rings is 1. The number of hydrogen-bond donors (Lipinski definition) is 2. The number of aromatic nitrogens is 5. The fraction of sp³-hybridized carbons (Fsp3) is 0.370. The molecule has 1 amide bonds. The second-order valence-electron chi connectivity index (χ2n) is 10.6. The zero-order chi connectivity index (χ0) is 27.9. The maximum atomic E-state index is 12.1. The van der Waals surface area contributed by atoms with Crippen LogP contribution in [-0.4, -0.2) is 60.8 Å². The standard InChI is InChI=1S/C27H29Cl2N7O3/c1-26(2,38)15-39-25-33-22(35-12-9-27(3,10-13-35)24(30)37)20-23(34-25)36(17-6-4-16(28)5-7-17)21(32-20)18-8-11-31-14-19(18)29/h4-8,11,14,38H,9-10,12-13,15H2,1-3H3,(H2,30,37). The van der Waals surface area contributed by atoms with Gasteiger partial charge in [0.25, 0.3) is 0 Å². The van der Waals surface area contributed by atoms with Crippen LogP contribution in [0.1, 0.15) is 33.6 Å². The van der Waals surface area contributed by atoms with Gasteiger partial charge in [-0.25, -0.2) is 4.98 Å². The van der Waals surface area contributed by atoms with Crippen LogP contribution in [0.25, 0.3) is 28.2 Å². The van der Waals surface area contributed by atoms with Gasteiger partial charge in [-0.3, -0.25) is 14.3 Å². The second kappa shape index (κ2) is 10.3. The van der Waals surface area contributed by atoms with Gasteiger partial charge in [0.2, 0.25) is 5.91 Å². The second-order valence-corrected chi connectivity index (χ2v) is 11.5. The van der Waals surface area contributed by atoms with E-state index in [1.54, 1.807) is 44.4 Å². The maximum absolute atomic E-state index is 12.1. The van der Waals surface area contributed by atoms with Crippen molar-refractivity contribution >= 4 is 46.1 Å². The first-order chi connectivity index (χ1) is 18.4. The molecule has 0 bridgehead atoms. The topological polar surface area (TPSA) is 132 Å². The van der Waals surface area contributed by atoms with Crippen LogP contribution in [0.2, 0.25) is 10.0 Å². The van der Waals surface area contributed by atoms with Crippen molar-refractivity contribution in [2.24, 2.45) is 11.1 Å². The Bertz CT molecular complexity index is 1530. The van der Waals surface area contributed by atoms with E-state index in [0.717, 1.165) is 5.69 Å². The molecule has 1 aliphatic rings. The molecule has 5 rings (SSSR count). The zero-order valence-corrected chi connectivity index (χ0v) is 23.4. The summed E-state index contributed by atoms with van der Waals surface area (Å²) < 4.78 is 7.73. The van der Waals surface area contributed by atoms with Crippen molar-refractivity contribution in [3.8, 4) is 23.1 Å². The highest BCUT2D eigenvalue weighted by Crippen LogP contribution is 2.38. The fourth-order valence-electron chi connectivity index (χ4n) is 4.48. The Morgan fingerprint density at radius 1 is 1.13 bits per heavy atom. The van der Waals surface area contributed by atoms with E-state index in [0.29, 0.717) is 64.3 Å². The summed E-state index contributed by atoms with van der Waals surface area (Å²) in [6.45, 7) is 6.23. The third-order valence-electron chi connectivity index (χ3n) is 6.88. The predicted octanol–water partition coefficient (Wildman–Crippen LogP) is 4.43. The Balaban J connectivity index is 1.73. The molecular formula is C27H29Cl2N7O3. The quantitative estimate of drug-likeness (QED) is 0.334. The smallest absolute Gasteiger partial charge is 0.320 e. The number of rotatable bonds is 7. The van der Waals surface area contributed by atoms with Gasteiger partial charge in [-0.15, -0.1) is 0 Å². The first-order valence-electron chi connectivity index (χ1n) is 12.5. The lowest BCUT2D eigenvalue weighted by Crippen LogP contribution is -2.45. The van der Waals surface area contributed by atoms with Crippen LogP contribution in [0.4, 0.5) is 5.82 Å². The Labute approximate surface area is 235 Å². The van der Waals surface area contributed by atoms with Crippen molar-refractivity contribution in [2.75, 3.05) is 24.6 Å². The minimum atomic E-state index is -1.10. The van der Waals surface area contributed by atoms with Gasteiger partial charge in [0.1, 0.15) is 12.4 Å². The number of nitrogens with two attached hydrogens (primary N) is 1. The summed E-state index contributed by atoms with van der Waals surface area (Å²) in [6.07, 6.45) is 4.33. The molecule has 10 nitrogen and oxygen atoms in total. The van der Waals surface area contributed by atoms with Crippen molar-refractivity contribution in [1.29, 1.82) is 0 Å². The monoisotopic (exact) mass is 569 g/mol. The van der Waals surface area contributed by atoms with Crippen LogP contribution in [-0.2, 0) is 4.79 Å². The molecule has 0 spiro atoms. The van der Waals surface area contributed by atoms with Crippen LogP contribution in [0.3, 0.4) is 0 Å². The summed E-state index contributed by atoms with van der Waals surface area (Å²) in [5.41, 5.74) is 6.42. The van der Waals surface area contributed by atoms with E-state index in [1.165, 1.54) is 0 Å². The van der Waals surface area contributed by atoms with Crippen LogP contribution in [0, 0.1) is 5.41 Å². The molecule has 1 aliphatic heterocycles. The summed E-state index contributed by atoms with van der Waals surface area (Å²) in [6, 6.07) is 9.16. The number of carbonyl (C=O) groups excluding carboxylic acids is 1. The molecule has 0 radical (unpaired) electrons. The van der Waals surface area contributed by atoms with Crippen molar-refractivity contribution in [2.45, 2.75) is 39.2 Å². The number of fused-ring (bicyclic) bond motifs is 1. The molecule has 0 atom stereocenters. The zero-order valence-electron chi connectivity index (χ0n) is 21.9. The first kappa shape index (κ1) is 27.1. The fourth-order valence-corrected chi connectivity index (χ4v) is 4.81. The van der Waals surface area contributed by atoms with Crippen molar-refractivity contribution in [3.63, 3.8) is 0 Å². The number of nitrogens with zero attached hydrogens (tertiary/aromatic N) is 6. The molecule has 39 heavy (non-hydrogen) atoms. The van der Waals surface area contributed by atoms with Gasteiger partial charge in [-0.2, -0.15) is 9.97 Å². The molecular weight excluding hydrogens is 541 g/mol. The van der Waals surface area contributed by atoms with Gasteiger partial charge in [0, 0.05) is 47.2 Å². The Morgan fingerprint density at radius 3 is 2.44 bits per heavy atom. The van der Waals surface area contributed by atoms with E-state index in [1.807, 2.05) is 23.6 Å². The molecule has 1 saturated heterocycles. The first-order valence-corrected chi connectivity index (χ1v) is 13.3. The van der Waals surface area contributed by atoms with Crippen LogP contribution in [0.15, 0.2) is 42.7 Å². The Kier molecular flexibility index (Phi) is 7.13. The summed E-state index contributed by atoms with van der Waals surface area (Å²) in [5, 5.41) is 11.3. The highest BCUT2D eigenvalue weighted by Gasteiger charge is 2.37. The van der Waals surface area contributed by atoms with Crippen molar-refractivity contribution < 1.29 is 14.6 Å². The van der Waals surface area contributed by atoms with Gasteiger partial charge >= 0.3 is 6.01 Å². The largest absolute Gasteiger partial charge is 0.460 e. The normalized spacial score (nSPS) is 15.5. The number of primary amides is 1. The SMILES string of the molecule is CC(C)(O)COc1nc(N2CCC(C)(C(N)=O)CC2)c2nc(-c3ccncc3Cl)n(-c3ccc(Cl)cc3)c2n1. The number of pyridine rings is 1. The van der Waals surface area contributed by atoms with Crippen LogP contribution < -0.4 is 15.4 Å². The third-order valence-corrected chi connectivity index (χ3v) is 7.44. The van der Waals surface area contributed by atoms with Crippen LogP contribution >= 0.6 is 23.2 Å². The Hall–Kier alpha value is -3.47. The molecule has 1 fully saturated rings. The molecule has 3 aromatic heterocycles. The number of imidazole rings is 1. The van der Waals surface area contributed by atoms with Gasteiger partial charge in [0.15, 0.2) is 17.0 Å². The maximum Gasteiger partial charge on any atom is 0.320 e. The summed E-state index contributed by atoms with van der Waals surface area (Å²) >= 11 is 12.8. The lowest BCUT2D eigenvalue weighted by atomic mass is 9.80. The van der Waals surface area contributed by atoms with Gasteiger partial charge < -0.3 is 20.5 Å². The minimum Gasteiger partial charge on any atom is -0.460 e. The highest BCUT2D eigenvalue weighted by atomic mass is 35.5. The summed E-state index contributed by atoms with van der Waals surface area (Å²) in [7, 11) is 0. The van der Waals surface area contributed by atoms with Gasteiger partial charge in [-0.1, -0.05) is 30.1 Å². The number of anilines is 1. The highest BCUT2D eigenvalue weighted by molar-refractivity contribution is 6.33. The number of halogens is 2. The molecule has 204 valence electrons. The van der Waals surface area contributed by atoms with E-state index in [9.17, 15) is 9.90 Å². The number of ether oxygens (including phenoxy) is 1. The van der Waals surface area contributed by atoms with Gasteiger partial charge in [0.05, 0.1) is 10.6 Å². The van der Waals surface area contributed by atoms with Crippen molar-refractivity contribution in [3.05, 3.63) is 52.8 Å². The van der Waals surface area contributed by atoms with Crippen LogP contribution in [0.5, 0.6) is 6.01 Å². The molecule has 4 aromatic rings. The molecule has 1 aromatic carbocycles. The van der Waals surface area contributed by atoms with E-state index < -0.39 is 11.0 Å². The molecule has 0 unspecified atom stereocenters. The number of carbonyl (C=O) groups is 1. The predicted molar refractivity (Wildman–Crippen MR) is 150 cm³/mol. The van der Waals surface area contributed by atoms with Crippen molar-refractivity contribution in [1.82, 2.24) is 24.5 Å². The number of hydrogen-bond acceptors (Lipinski definition) is 8. The minimum absolute atomic E-state index is 0.0180.